The van der Waals surface area contributed by atoms with E-state index in [1.165, 1.54) is 24.3 Å². The highest BCUT2D eigenvalue weighted by Crippen LogP contribution is 2.24. The number of hydrogen-bond donors (Lipinski definition) is 0. The molecule has 3 nitrogen and oxygen atoms in total. The molecular weight excluding hydrogens is 299 g/mol. The van der Waals surface area contributed by atoms with Crippen LogP contribution in [0.15, 0.2) is 29.2 Å². The molecule has 0 aliphatic rings. The molecule has 1 aromatic heterocycles. The molecular formula is C14H16ClFN2OS. The first-order valence-electron chi connectivity index (χ1n) is 6.44. The fourth-order valence-electron chi connectivity index (χ4n) is 1.95. The minimum absolute atomic E-state index is 0.283. The number of aromatic nitrogens is 2. The van der Waals surface area contributed by atoms with E-state index in [4.69, 9.17) is 11.6 Å². The summed E-state index contributed by atoms with van der Waals surface area (Å²) >= 11 is 6.29. The lowest BCUT2D eigenvalue weighted by Crippen LogP contribution is -2.06. The molecule has 1 atom stereocenters. The van der Waals surface area contributed by atoms with Crippen LogP contribution in [0.1, 0.15) is 25.2 Å². The van der Waals surface area contributed by atoms with Gasteiger partial charge in [0.2, 0.25) is 0 Å². The molecule has 0 saturated heterocycles. The van der Waals surface area contributed by atoms with Crippen LogP contribution in [0.2, 0.25) is 5.02 Å². The van der Waals surface area contributed by atoms with Crippen molar-refractivity contribution >= 4 is 22.4 Å². The summed E-state index contributed by atoms with van der Waals surface area (Å²) in [4.78, 5) is 0.587. The van der Waals surface area contributed by atoms with Crippen molar-refractivity contribution in [3.05, 3.63) is 46.5 Å². The molecule has 2 aromatic rings. The summed E-state index contributed by atoms with van der Waals surface area (Å²) in [6, 6.07) is 5.69. The van der Waals surface area contributed by atoms with E-state index in [0.29, 0.717) is 16.5 Å². The molecule has 0 saturated carbocycles. The van der Waals surface area contributed by atoms with Gasteiger partial charge in [0.1, 0.15) is 5.82 Å². The molecule has 6 heteroatoms. The third-order valence-electron chi connectivity index (χ3n) is 3.04. The third-order valence-corrected chi connectivity index (χ3v) is 4.81. The predicted octanol–water partition coefficient (Wildman–Crippen LogP) is 3.57. The predicted molar refractivity (Wildman–Crippen MR) is 78.8 cm³/mol. The van der Waals surface area contributed by atoms with Crippen LogP contribution in [0.5, 0.6) is 0 Å². The van der Waals surface area contributed by atoms with Crippen molar-refractivity contribution in [2.24, 2.45) is 0 Å². The molecule has 0 fully saturated rings. The quantitative estimate of drug-likeness (QED) is 0.845. The van der Waals surface area contributed by atoms with Gasteiger partial charge < -0.3 is 0 Å². The van der Waals surface area contributed by atoms with Crippen LogP contribution >= 0.6 is 11.6 Å². The standard InChI is InChI=1S/C14H16ClFN2OS/c1-3-12-14(15)13(18(4-2)17-12)9-20(19)11-7-5-10(16)6-8-11/h5-8H,3-4,9H2,1-2H3. The van der Waals surface area contributed by atoms with E-state index < -0.39 is 10.8 Å². The van der Waals surface area contributed by atoms with Gasteiger partial charge in [0.25, 0.3) is 0 Å². The zero-order valence-electron chi connectivity index (χ0n) is 11.4. The van der Waals surface area contributed by atoms with Gasteiger partial charge in [-0.15, -0.1) is 0 Å². The summed E-state index contributed by atoms with van der Waals surface area (Å²) in [6.45, 7) is 4.62. The first kappa shape index (κ1) is 15.2. The number of nitrogens with zero attached hydrogens (tertiary/aromatic N) is 2. The minimum Gasteiger partial charge on any atom is -0.267 e. The van der Waals surface area contributed by atoms with Crippen molar-refractivity contribution in [1.82, 2.24) is 9.78 Å². The monoisotopic (exact) mass is 314 g/mol. The van der Waals surface area contributed by atoms with Crippen molar-refractivity contribution in [2.45, 2.75) is 37.5 Å². The first-order chi connectivity index (χ1) is 9.56. The van der Waals surface area contributed by atoms with E-state index in [-0.39, 0.29) is 11.6 Å². The summed E-state index contributed by atoms with van der Waals surface area (Å²) in [5, 5.41) is 4.99. The molecule has 0 aliphatic carbocycles. The van der Waals surface area contributed by atoms with Crippen LogP contribution in [0.3, 0.4) is 0 Å². The summed E-state index contributed by atoms with van der Waals surface area (Å²) in [6.07, 6.45) is 0.738. The van der Waals surface area contributed by atoms with Gasteiger partial charge in [-0.05, 0) is 37.6 Å². The average Bonchev–Trinajstić information content (AvgIpc) is 2.76. The zero-order chi connectivity index (χ0) is 14.7. The number of hydrogen-bond acceptors (Lipinski definition) is 2. The van der Waals surface area contributed by atoms with E-state index in [0.717, 1.165) is 17.8 Å². The topological polar surface area (TPSA) is 34.9 Å². The van der Waals surface area contributed by atoms with E-state index in [1.807, 2.05) is 13.8 Å². The van der Waals surface area contributed by atoms with Crippen LogP contribution in [-0.4, -0.2) is 14.0 Å². The van der Waals surface area contributed by atoms with Crippen LogP contribution in [0, 0.1) is 5.82 Å². The van der Waals surface area contributed by atoms with Gasteiger partial charge in [0.15, 0.2) is 0 Å². The first-order valence-corrected chi connectivity index (χ1v) is 8.14. The highest BCUT2D eigenvalue weighted by molar-refractivity contribution is 7.84. The fourth-order valence-corrected chi connectivity index (χ4v) is 3.51. The Bertz CT molecular complexity index is 625. The Balaban J connectivity index is 2.27. The van der Waals surface area contributed by atoms with E-state index in [2.05, 4.69) is 5.10 Å². The van der Waals surface area contributed by atoms with Crippen LogP contribution in [0.4, 0.5) is 4.39 Å². The molecule has 1 heterocycles. The van der Waals surface area contributed by atoms with Crippen molar-refractivity contribution in [3.8, 4) is 0 Å². The zero-order valence-corrected chi connectivity index (χ0v) is 13.0. The highest BCUT2D eigenvalue weighted by atomic mass is 35.5. The number of benzene rings is 1. The Morgan fingerprint density at radius 2 is 1.95 bits per heavy atom. The van der Waals surface area contributed by atoms with Crippen molar-refractivity contribution < 1.29 is 8.60 Å². The normalized spacial score (nSPS) is 12.6. The van der Waals surface area contributed by atoms with Gasteiger partial charge in [-0.2, -0.15) is 5.10 Å². The van der Waals surface area contributed by atoms with Gasteiger partial charge in [0, 0.05) is 11.4 Å². The molecule has 0 N–H and O–H groups in total. The molecule has 1 unspecified atom stereocenters. The van der Waals surface area contributed by atoms with Crippen LogP contribution in [-0.2, 0) is 29.5 Å². The second-order valence-corrected chi connectivity index (χ2v) is 6.15. The smallest absolute Gasteiger partial charge is 0.123 e. The maximum Gasteiger partial charge on any atom is 0.123 e. The number of aryl methyl sites for hydroxylation is 2. The van der Waals surface area contributed by atoms with Gasteiger partial charge in [-0.3, -0.25) is 8.89 Å². The second kappa shape index (κ2) is 6.50. The molecule has 0 bridgehead atoms. The van der Waals surface area contributed by atoms with E-state index in [1.54, 1.807) is 4.68 Å². The largest absolute Gasteiger partial charge is 0.267 e. The Labute approximate surface area is 125 Å². The Hall–Kier alpha value is -1.20. The van der Waals surface area contributed by atoms with Gasteiger partial charge in [-0.25, -0.2) is 4.39 Å². The summed E-state index contributed by atoms with van der Waals surface area (Å²) in [5.74, 6) is -0.0543. The molecule has 1 aromatic carbocycles. The molecule has 108 valence electrons. The fraction of sp³-hybridized carbons (Fsp3) is 0.357. The van der Waals surface area contributed by atoms with E-state index >= 15 is 0 Å². The molecule has 2 rings (SSSR count). The maximum atomic E-state index is 12.9. The average molecular weight is 315 g/mol. The number of halogens is 2. The lowest BCUT2D eigenvalue weighted by Gasteiger charge is -2.06. The summed E-state index contributed by atoms with van der Waals surface area (Å²) in [7, 11) is -1.27. The molecule has 20 heavy (non-hydrogen) atoms. The highest BCUT2D eigenvalue weighted by Gasteiger charge is 2.17. The third kappa shape index (κ3) is 3.10. The minimum atomic E-state index is -1.27. The number of rotatable bonds is 5. The molecule has 0 amide bonds. The molecule has 0 radical (unpaired) electrons. The van der Waals surface area contributed by atoms with Gasteiger partial charge in [-0.1, -0.05) is 18.5 Å². The Morgan fingerprint density at radius 1 is 1.30 bits per heavy atom. The van der Waals surface area contributed by atoms with E-state index in [9.17, 15) is 8.60 Å². The maximum absolute atomic E-state index is 12.9. The second-order valence-electron chi connectivity index (χ2n) is 4.32. The molecule has 0 aliphatic heterocycles. The lowest BCUT2D eigenvalue weighted by molar-refractivity contribution is 0.622. The van der Waals surface area contributed by atoms with Gasteiger partial charge >= 0.3 is 0 Å². The Morgan fingerprint density at radius 3 is 2.50 bits per heavy atom. The lowest BCUT2D eigenvalue weighted by atomic mass is 10.3. The molecule has 0 spiro atoms. The van der Waals surface area contributed by atoms with Crippen LogP contribution in [0.25, 0.3) is 0 Å². The van der Waals surface area contributed by atoms with Gasteiger partial charge in [0.05, 0.1) is 33.0 Å². The SMILES string of the molecule is CCc1nn(CC)c(CS(=O)c2ccc(F)cc2)c1Cl. The van der Waals surface area contributed by atoms with Crippen molar-refractivity contribution in [1.29, 1.82) is 0 Å². The summed E-state index contributed by atoms with van der Waals surface area (Å²) in [5.41, 5.74) is 1.59. The Kier molecular flexibility index (Phi) is 4.94. The van der Waals surface area contributed by atoms with Crippen LogP contribution < -0.4 is 0 Å². The summed E-state index contributed by atoms with van der Waals surface area (Å²) < 4.78 is 27.0. The van der Waals surface area contributed by atoms with Crippen molar-refractivity contribution in [3.63, 3.8) is 0 Å². The van der Waals surface area contributed by atoms with Crippen molar-refractivity contribution in [2.75, 3.05) is 0 Å².